The van der Waals surface area contributed by atoms with E-state index in [9.17, 15) is 9.18 Å². The Balaban J connectivity index is 2.81. The van der Waals surface area contributed by atoms with Gasteiger partial charge in [-0.3, -0.25) is 4.79 Å². The van der Waals surface area contributed by atoms with Gasteiger partial charge in [0.05, 0.1) is 0 Å². The summed E-state index contributed by atoms with van der Waals surface area (Å²) in [5, 5.41) is 7.71. The number of rotatable bonds is 1. The molecule has 0 aliphatic carbocycles. The van der Waals surface area contributed by atoms with Crippen LogP contribution in [0.2, 0.25) is 0 Å². The first kappa shape index (κ1) is 9.21. The van der Waals surface area contributed by atoms with Crippen LogP contribution in [0, 0.1) is 5.82 Å². The van der Waals surface area contributed by atoms with E-state index in [1.54, 1.807) is 6.07 Å². The number of carbonyl (C=O) groups is 1. The molecular formula is C9H4BrFN2O. The standard InChI is InChI=1S/C9H4BrFN2O/c10-6-1-5-2-7(4-14)12-13-9(5)8(11)3-6/h1-4H. The van der Waals surface area contributed by atoms with Gasteiger partial charge in [0.25, 0.3) is 0 Å². The van der Waals surface area contributed by atoms with Crippen LogP contribution in [-0.4, -0.2) is 16.5 Å². The molecule has 0 saturated carbocycles. The van der Waals surface area contributed by atoms with Crippen LogP contribution in [0.4, 0.5) is 4.39 Å². The van der Waals surface area contributed by atoms with Crippen LogP contribution in [0.1, 0.15) is 10.5 Å². The van der Waals surface area contributed by atoms with Crippen molar-refractivity contribution in [2.75, 3.05) is 0 Å². The van der Waals surface area contributed by atoms with Crippen molar-refractivity contribution in [2.24, 2.45) is 0 Å². The van der Waals surface area contributed by atoms with E-state index in [0.717, 1.165) is 0 Å². The predicted molar refractivity (Wildman–Crippen MR) is 52.6 cm³/mol. The fourth-order valence-corrected chi connectivity index (χ4v) is 1.60. The van der Waals surface area contributed by atoms with Gasteiger partial charge in [0.15, 0.2) is 12.1 Å². The van der Waals surface area contributed by atoms with E-state index in [2.05, 4.69) is 26.1 Å². The monoisotopic (exact) mass is 254 g/mol. The molecule has 0 amide bonds. The van der Waals surface area contributed by atoms with Crippen LogP contribution >= 0.6 is 15.9 Å². The molecule has 5 heteroatoms. The molecule has 1 heterocycles. The van der Waals surface area contributed by atoms with Gasteiger partial charge < -0.3 is 0 Å². The molecule has 0 atom stereocenters. The van der Waals surface area contributed by atoms with E-state index >= 15 is 0 Å². The third-order valence-corrected chi connectivity index (χ3v) is 2.21. The largest absolute Gasteiger partial charge is 0.296 e. The van der Waals surface area contributed by atoms with Gasteiger partial charge in [0.2, 0.25) is 0 Å². The van der Waals surface area contributed by atoms with Crippen LogP contribution < -0.4 is 0 Å². The normalized spacial score (nSPS) is 10.4. The van der Waals surface area contributed by atoms with Gasteiger partial charge in [-0.05, 0) is 18.2 Å². The number of hydrogen-bond acceptors (Lipinski definition) is 3. The fourth-order valence-electron chi connectivity index (χ4n) is 1.15. The maximum Gasteiger partial charge on any atom is 0.170 e. The highest BCUT2D eigenvalue weighted by Gasteiger charge is 2.05. The molecule has 0 fully saturated rings. The molecule has 0 saturated heterocycles. The lowest BCUT2D eigenvalue weighted by Crippen LogP contribution is -1.93. The van der Waals surface area contributed by atoms with Gasteiger partial charge in [-0.15, -0.1) is 10.2 Å². The number of benzene rings is 1. The van der Waals surface area contributed by atoms with Crippen molar-refractivity contribution in [2.45, 2.75) is 0 Å². The van der Waals surface area contributed by atoms with Gasteiger partial charge in [-0.25, -0.2) is 4.39 Å². The fraction of sp³-hybridized carbons (Fsp3) is 0. The second kappa shape index (κ2) is 3.42. The van der Waals surface area contributed by atoms with Crippen molar-refractivity contribution >= 4 is 33.1 Å². The number of nitrogens with zero attached hydrogens (tertiary/aromatic N) is 2. The third kappa shape index (κ3) is 1.50. The molecule has 0 aliphatic heterocycles. The Morgan fingerprint density at radius 2 is 2.07 bits per heavy atom. The number of aldehydes is 1. The van der Waals surface area contributed by atoms with Gasteiger partial charge in [-0.1, -0.05) is 15.9 Å². The first-order valence-corrected chi connectivity index (χ1v) is 4.57. The number of halogens is 2. The summed E-state index contributed by atoms with van der Waals surface area (Å²) < 4.78 is 13.9. The Morgan fingerprint density at radius 1 is 1.29 bits per heavy atom. The van der Waals surface area contributed by atoms with Crippen LogP contribution in [0.3, 0.4) is 0 Å². The number of fused-ring (bicyclic) bond motifs is 1. The minimum Gasteiger partial charge on any atom is -0.296 e. The molecule has 0 N–H and O–H groups in total. The van der Waals surface area contributed by atoms with Gasteiger partial charge >= 0.3 is 0 Å². The Hall–Kier alpha value is -1.36. The number of carbonyl (C=O) groups excluding carboxylic acids is 1. The minimum absolute atomic E-state index is 0.166. The van der Waals surface area contributed by atoms with Crippen molar-refractivity contribution in [3.05, 3.63) is 34.2 Å². The zero-order valence-electron chi connectivity index (χ0n) is 6.87. The van der Waals surface area contributed by atoms with Crippen molar-refractivity contribution in [1.82, 2.24) is 10.2 Å². The zero-order chi connectivity index (χ0) is 10.1. The Morgan fingerprint density at radius 3 is 2.79 bits per heavy atom. The molecule has 0 unspecified atom stereocenters. The summed E-state index contributed by atoms with van der Waals surface area (Å²) in [7, 11) is 0. The first-order chi connectivity index (χ1) is 6.70. The minimum atomic E-state index is -0.459. The molecule has 14 heavy (non-hydrogen) atoms. The molecule has 0 bridgehead atoms. The van der Waals surface area contributed by atoms with Gasteiger partial charge in [0.1, 0.15) is 11.2 Å². The molecule has 3 nitrogen and oxygen atoms in total. The molecule has 0 aliphatic rings. The predicted octanol–water partition coefficient (Wildman–Crippen LogP) is 2.34. The summed E-state index contributed by atoms with van der Waals surface area (Å²) in [6, 6.07) is 4.47. The van der Waals surface area contributed by atoms with E-state index in [0.29, 0.717) is 16.1 Å². The summed E-state index contributed by atoms with van der Waals surface area (Å²) in [4.78, 5) is 10.4. The second-order valence-electron chi connectivity index (χ2n) is 2.71. The molecule has 70 valence electrons. The molecule has 1 aromatic carbocycles. The molecule has 2 rings (SSSR count). The molecule has 2 aromatic rings. The summed E-state index contributed by atoms with van der Waals surface area (Å²) in [5.41, 5.74) is 0.355. The van der Waals surface area contributed by atoms with Crippen LogP contribution in [-0.2, 0) is 0 Å². The molecular weight excluding hydrogens is 251 g/mol. The quantitative estimate of drug-likeness (QED) is 0.734. The van der Waals surface area contributed by atoms with Crippen molar-refractivity contribution < 1.29 is 9.18 Å². The molecule has 0 radical (unpaired) electrons. The van der Waals surface area contributed by atoms with Crippen molar-refractivity contribution in [3.63, 3.8) is 0 Å². The third-order valence-electron chi connectivity index (χ3n) is 1.75. The molecule has 1 aromatic heterocycles. The Bertz CT molecular complexity index is 515. The average molecular weight is 255 g/mol. The maximum absolute atomic E-state index is 13.3. The van der Waals surface area contributed by atoms with Crippen LogP contribution in [0.5, 0.6) is 0 Å². The van der Waals surface area contributed by atoms with Crippen LogP contribution in [0.15, 0.2) is 22.7 Å². The van der Waals surface area contributed by atoms with Crippen molar-refractivity contribution in [3.8, 4) is 0 Å². The number of aromatic nitrogens is 2. The molecule has 0 spiro atoms. The van der Waals surface area contributed by atoms with E-state index in [1.165, 1.54) is 12.1 Å². The number of hydrogen-bond donors (Lipinski definition) is 0. The second-order valence-corrected chi connectivity index (χ2v) is 3.63. The summed E-state index contributed by atoms with van der Waals surface area (Å²) in [6.45, 7) is 0. The SMILES string of the molecule is O=Cc1cc2cc(Br)cc(F)c2nn1. The van der Waals surface area contributed by atoms with E-state index < -0.39 is 5.82 Å². The first-order valence-electron chi connectivity index (χ1n) is 3.78. The van der Waals surface area contributed by atoms with Gasteiger partial charge in [-0.2, -0.15) is 0 Å². The average Bonchev–Trinajstić information content (AvgIpc) is 2.16. The van der Waals surface area contributed by atoms with Gasteiger partial charge in [0, 0.05) is 9.86 Å². The summed E-state index contributed by atoms with van der Waals surface area (Å²) in [6.07, 6.45) is 0.575. The highest BCUT2D eigenvalue weighted by molar-refractivity contribution is 9.10. The van der Waals surface area contributed by atoms with Crippen LogP contribution in [0.25, 0.3) is 10.9 Å². The Kier molecular flexibility index (Phi) is 2.25. The van der Waals surface area contributed by atoms with Crippen molar-refractivity contribution in [1.29, 1.82) is 0 Å². The summed E-state index contributed by atoms with van der Waals surface area (Å²) in [5.74, 6) is -0.459. The lowest BCUT2D eigenvalue weighted by molar-refractivity contribution is 0.111. The summed E-state index contributed by atoms with van der Waals surface area (Å²) >= 11 is 3.15. The lowest BCUT2D eigenvalue weighted by atomic mass is 10.2. The highest BCUT2D eigenvalue weighted by atomic mass is 79.9. The van der Waals surface area contributed by atoms with E-state index in [-0.39, 0.29) is 11.2 Å². The smallest absolute Gasteiger partial charge is 0.170 e. The topological polar surface area (TPSA) is 42.9 Å². The van der Waals surface area contributed by atoms with E-state index in [1.807, 2.05) is 0 Å². The lowest BCUT2D eigenvalue weighted by Gasteiger charge is -1.99. The Labute approximate surface area is 87.1 Å². The van der Waals surface area contributed by atoms with E-state index in [4.69, 9.17) is 0 Å². The highest BCUT2D eigenvalue weighted by Crippen LogP contribution is 2.21. The zero-order valence-corrected chi connectivity index (χ0v) is 8.45. The maximum atomic E-state index is 13.3.